The van der Waals surface area contributed by atoms with Crippen molar-refractivity contribution in [2.24, 2.45) is 4.99 Å². The van der Waals surface area contributed by atoms with Crippen molar-refractivity contribution in [1.29, 1.82) is 0 Å². The molecule has 1 fully saturated rings. The Bertz CT molecular complexity index is 760. The van der Waals surface area contributed by atoms with Crippen LogP contribution in [-0.2, 0) is 11.3 Å². The van der Waals surface area contributed by atoms with Crippen LogP contribution in [0.25, 0.3) is 0 Å². The predicted molar refractivity (Wildman–Crippen MR) is 112 cm³/mol. The first-order valence-corrected chi connectivity index (χ1v) is 10.3. The van der Waals surface area contributed by atoms with Gasteiger partial charge in [-0.25, -0.2) is 4.98 Å². The lowest BCUT2D eigenvalue weighted by atomic mass is 10.0. The average molecular weight is 408 g/mol. The van der Waals surface area contributed by atoms with Gasteiger partial charge in [-0.1, -0.05) is 29.8 Å². The number of hydrogen-bond acceptors (Lipinski definition) is 5. The Labute approximate surface area is 169 Å². The number of halogens is 1. The minimum Gasteiger partial charge on any atom is -0.379 e. The first kappa shape index (κ1) is 20.1. The summed E-state index contributed by atoms with van der Waals surface area (Å²) in [5, 5.41) is 8.61. The van der Waals surface area contributed by atoms with E-state index in [2.05, 4.69) is 38.5 Å². The Morgan fingerprint density at radius 2 is 2.11 bits per heavy atom. The number of aliphatic imine (C=N–C) groups is 1. The predicted octanol–water partition coefficient (Wildman–Crippen LogP) is 2.84. The van der Waals surface area contributed by atoms with Crippen LogP contribution >= 0.6 is 22.9 Å². The van der Waals surface area contributed by atoms with Gasteiger partial charge in [0.15, 0.2) is 5.96 Å². The second-order valence-corrected chi connectivity index (χ2v) is 8.08. The third-order valence-electron chi connectivity index (χ3n) is 4.51. The molecular formula is C19H26ClN5OS. The Hall–Kier alpha value is -1.67. The molecule has 0 bridgehead atoms. The van der Waals surface area contributed by atoms with E-state index in [1.807, 2.05) is 24.4 Å². The highest BCUT2D eigenvalue weighted by molar-refractivity contribution is 7.11. The first-order chi connectivity index (χ1) is 13.2. The van der Waals surface area contributed by atoms with E-state index in [0.29, 0.717) is 13.1 Å². The first-order valence-electron chi connectivity index (χ1n) is 9.09. The SMILES string of the molecule is CN=C(NCc1ncc(C)s1)NCC(c1ccccc1Cl)N1CCOCC1. The fraction of sp³-hybridized carbons (Fsp3) is 0.474. The highest BCUT2D eigenvalue weighted by atomic mass is 35.5. The van der Waals surface area contributed by atoms with Crippen LogP contribution in [0.1, 0.15) is 21.5 Å². The number of guanidine groups is 1. The van der Waals surface area contributed by atoms with E-state index in [9.17, 15) is 0 Å². The Kier molecular flexibility index (Phi) is 7.46. The lowest BCUT2D eigenvalue weighted by Crippen LogP contribution is -2.46. The number of morpholine rings is 1. The zero-order chi connectivity index (χ0) is 19.1. The molecule has 2 heterocycles. The number of ether oxygens (including phenoxy) is 1. The number of nitrogens with one attached hydrogen (secondary N) is 2. The van der Waals surface area contributed by atoms with Crippen molar-refractivity contribution in [2.45, 2.75) is 19.5 Å². The molecule has 0 aliphatic carbocycles. The van der Waals surface area contributed by atoms with Crippen LogP contribution in [0.4, 0.5) is 0 Å². The van der Waals surface area contributed by atoms with Gasteiger partial charge in [-0.15, -0.1) is 11.3 Å². The summed E-state index contributed by atoms with van der Waals surface area (Å²) in [5.41, 5.74) is 1.12. The van der Waals surface area contributed by atoms with E-state index >= 15 is 0 Å². The Morgan fingerprint density at radius 3 is 2.78 bits per heavy atom. The second-order valence-electron chi connectivity index (χ2n) is 6.36. The highest BCUT2D eigenvalue weighted by Gasteiger charge is 2.24. The van der Waals surface area contributed by atoms with Gasteiger partial charge in [0, 0.05) is 42.8 Å². The summed E-state index contributed by atoms with van der Waals surface area (Å²) < 4.78 is 5.52. The summed E-state index contributed by atoms with van der Waals surface area (Å²) >= 11 is 8.18. The number of aromatic nitrogens is 1. The van der Waals surface area contributed by atoms with Gasteiger partial charge < -0.3 is 15.4 Å². The smallest absolute Gasteiger partial charge is 0.191 e. The zero-order valence-corrected chi connectivity index (χ0v) is 17.3. The minimum atomic E-state index is 0.156. The largest absolute Gasteiger partial charge is 0.379 e. The number of rotatable bonds is 6. The maximum Gasteiger partial charge on any atom is 0.191 e. The minimum absolute atomic E-state index is 0.156. The molecule has 146 valence electrons. The number of nitrogens with zero attached hydrogens (tertiary/aromatic N) is 3. The van der Waals surface area contributed by atoms with E-state index < -0.39 is 0 Å². The van der Waals surface area contributed by atoms with Crippen molar-refractivity contribution in [3.63, 3.8) is 0 Å². The molecule has 2 aromatic rings. The molecule has 2 N–H and O–H groups in total. The fourth-order valence-electron chi connectivity index (χ4n) is 3.13. The van der Waals surface area contributed by atoms with Gasteiger partial charge in [0.1, 0.15) is 5.01 Å². The molecule has 6 nitrogen and oxygen atoms in total. The van der Waals surface area contributed by atoms with Gasteiger partial charge in [0.2, 0.25) is 0 Å². The number of thiazole rings is 1. The van der Waals surface area contributed by atoms with Crippen LogP contribution in [0.3, 0.4) is 0 Å². The molecule has 8 heteroatoms. The molecular weight excluding hydrogens is 382 g/mol. The molecule has 0 amide bonds. The molecule has 27 heavy (non-hydrogen) atoms. The van der Waals surface area contributed by atoms with E-state index in [4.69, 9.17) is 16.3 Å². The van der Waals surface area contributed by atoms with Gasteiger partial charge in [0.05, 0.1) is 25.8 Å². The van der Waals surface area contributed by atoms with Gasteiger partial charge >= 0.3 is 0 Å². The summed E-state index contributed by atoms with van der Waals surface area (Å²) in [6, 6.07) is 8.20. The van der Waals surface area contributed by atoms with E-state index in [0.717, 1.165) is 47.9 Å². The second kappa shape index (κ2) is 10.0. The molecule has 1 aromatic heterocycles. The monoisotopic (exact) mass is 407 g/mol. The highest BCUT2D eigenvalue weighted by Crippen LogP contribution is 2.27. The topological polar surface area (TPSA) is 61.8 Å². The van der Waals surface area contributed by atoms with Crippen LogP contribution in [0, 0.1) is 6.92 Å². The fourth-order valence-corrected chi connectivity index (χ4v) is 4.12. The van der Waals surface area contributed by atoms with Crippen molar-refractivity contribution in [1.82, 2.24) is 20.5 Å². The zero-order valence-electron chi connectivity index (χ0n) is 15.7. The molecule has 1 saturated heterocycles. The van der Waals surface area contributed by atoms with Gasteiger partial charge in [0.25, 0.3) is 0 Å². The quantitative estimate of drug-likeness (QED) is 0.569. The number of aryl methyl sites for hydroxylation is 1. The molecule has 1 aliphatic heterocycles. The van der Waals surface area contributed by atoms with Crippen LogP contribution < -0.4 is 10.6 Å². The average Bonchev–Trinajstić information content (AvgIpc) is 3.11. The van der Waals surface area contributed by atoms with E-state index in [1.54, 1.807) is 18.4 Å². The third kappa shape index (κ3) is 5.65. The Balaban J connectivity index is 1.64. The van der Waals surface area contributed by atoms with Gasteiger partial charge in [-0.05, 0) is 18.6 Å². The van der Waals surface area contributed by atoms with E-state index in [1.165, 1.54) is 4.88 Å². The van der Waals surface area contributed by atoms with Crippen molar-refractivity contribution >= 4 is 28.9 Å². The molecule has 0 spiro atoms. The maximum absolute atomic E-state index is 6.49. The van der Waals surface area contributed by atoms with Crippen molar-refractivity contribution < 1.29 is 4.74 Å². The van der Waals surface area contributed by atoms with Crippen molar-refractivity contribution in [3.8, 4) is 0 Å². The third-order valence-corrected chi connectivity index (χ3v) is 5.77. The summed E-state index contributed by atoms with van der Waals surface area (Å²) in [6.45, 7) is 6.70. The molecule has 1 unspecified atom stereocenters. The lowest BCUT2D eigenvalue weighted by molar-refractivity contribution is 0.0170. The molecule has 0 radical (unpaired) electrons. The van der Waals surface area contributed by atoms with Crippen LogP contribution in [-0.4, -0.2) is 55.7 Å². The van der Waals surface area contributed by atoms with Crippen LogP contribution in [0.2, 0.25) is 5.02 Å². The lowest BCUT2D eigenvalue weighted by Gasteiger charge is -2.35. The molecule has 3 rings (SSSR count). The maximum atomic E-state index is 6.49. The standard InChI is InChI=1S/C19H26ClN5OS/c1-14-11-22-18(27-14)13-24-19(21-2)23-12-17(25-7-9-26-10-8-25)15-5-3-4-6-16(15)20/h3-6,11,17H,7-10,12-13H2,1-2H3,(H2,21,23,24). The number of hydrogen-bond donors (Lipinski definition) is 2. The van der Waals surface area contributed by atoms with Crippen molar-refractivity contribution in [2.75, 3.05) is 39.9 Å². The molecule has 1 atom stereocenters. The molecule has 1 aliphatic rings. The summed E-state index contributed by atoms with van der Waals surface area (Å²) in [7, 11) is 1.78. The molecule has 1 aromatic carbocycles. The Morgan fingerprint density at radius 1 is 1.33 bits per heavy atom. The van der Waals surface area contributed by atoms with Crippen molar-refractivity contribution in [3.05, 3.63) is 50.9 Å². The van der Waals surface area contributed by atoms with Crippen LogP contribution in [0.15, 0.2) is 35.5 Å². The van der Waals surface area contributed by atoms with E-state index in [-0.39, 0.29) is 6.04 Å². The summed E-state index contributed by atoms with van der Waals surface area (Å²) in [5.74, 6) is 0.758. The normalized spacial score (nSPS) is 16.9. The summed E-state index contributed by atoms with van der Waals surface area (Å²) in [6.07, 6.45) is 1.89. The number of benzene rings is 1. The van der Waals surface area contributed by atoms with Gasteiger partial charge in [-0.3, -0.25) is 9.89 Å². The molecule has 0 saturated carbocycles. The van der Waals surface area contributed by atoms with Gasteiger partial charge in [-0.2, -0.15) is 0 Å². The summed E-state index contributed by atoms with van der Waals surface area (Å²) in [4.78, 5) is 12.3. The van der Waals surface area contributed by atoms with Crippen LogP contribution in [0.5, 0.6) is 0 Å².